The second-order valence-corrected chi connectivity index (χ2v) is 9.55. The molecule has 2 atom stereocenters. The first-order valence-corrected chi connectivity index (χ1v) is 13.7. The molecule has 2 amide bonds. The molecule has 220 valence electrons. The van der Waals surface area contributed by atoms with E-state index in [4.69, 9.17) is 22.9 Å². The number of carbonyl (C=O) groups excluding carboxylic acids is 2. The summed E-state index contributed by atoms with van der Waals surface area (Å²) in [7, 11) is 3.58. The standard InChI is InChI=1S/C24H52N12O2/c1-29-19(7-3-9-33-23(25)26)21(37)31-11-5-13-35-15-17-36(18-16-35)14-6-12-32-22(38)20(30-2)8-4-10-34-24(27)28/h19-20,29-30H,3-18H2,1-2H3,(H,31,37)(H,32,38)(H4,25,26,33)(H4,27,28,34). The van der Waals surface area contributed by atoms with Crippen LogP contribution in [0.5, 0.6) is 0 Å². The second-order valence-electron chi connectivity index (χ2n) is 9.55. The van der Waals surface area contributed by atoms with Gasteiger partial charge in [-0.2, -0.15) is 0 Å². The number of hydrogen-bond acceptors (Lipinski definition) is 8. The van der Waals surface area contributed by atoms with E-state index in [0.717, 1.165) is 65.0 Å². The van der Waals surface area contributed by atoms with Crippen LogP contribution < -0.4 is 44.2 Å². The van der Waals surface area contributed by atoms with E-state index in [1.165, 1.54) is 0 Å². The van der Waals surface area contributed by atoms with Crippen LogP contribution >= 0.6 is 0 Å². The Morgan fingerprint density at radius 3 is 1.37 bits per heavy atom. The van der Waals surface area contributed by atoms with Crippen molar-refractivity contribution in [3.8, 4) is 0 Å². The van der Waals surface area contributed by atoms with Gasteiger partial charge in [0.05, 0.1) is 12.1 Å². The van der Waals surface area contributed by atoms with E-state index in [1.54, 1.807) is 14.1 Å². The first-order valence-electron chi connectivity index (χ1n) is 13.7. The van der Waals surface area contributed by atoms with Crippen LogP contribution in [0.3, 0.4) is 0 Å². The van der Waals surface area contributed by atoms with Crippen LogP contribution in [0.1, 0.15) is 38.5 Å². The fourth-order valence-corrected chi connectivity index (χ4v) is 4.33. The molecule has 0 radical (unpaired) electrons. The predicted molar refractivity (Wildman–Crippen MR) is 154 cm³/mol. The number of likely N-dealkylation sites (N-methyl/N-ethyl adjacent to an activating group) is 2. The number of piperazine rings is 1. The molecule has 1 fully saturated rings. The predicted octanol–water partition coefficient (Wildman–Crippen LogP) is -3.10. The first kappa shape index (κ1) is 33.3. The molecule has 1 heterocycles. The third-order valence-electron chi connectivity index (χ3n) is 6.59. The van der Waals surface area contributed by atoms with Gasteiger partial charge < -0.3 is 54.0 Å². The van der Waals surface area contributed by atoms with Gasteiger partial charge in [-0.1, -0.05) is 0 Å². The minimum absolute atomic E-state index is 0.0149. The number of amides is 2. The van der Waals surface area contributed by atoms with Crippen molar-refractivity contribution in [1.29, 1.82) is 0 Å². The van der Waals surface area contributed by atoms with Crippen LogP contribution in [0, 0.1) is 0 Å². The number of guanidine groups is 2. The number of nitrogens with one attached hydrogen (secondary N) is 4. The Hall–Kier alpha value is -2.68. The minimum Gasteiger partial charge on any atom is -0.370 e. The molecule has 1 rings (SSSR count). The maximum atomic E-state index is 12.4. The maximum absolute atomic E-state index is 12.4. The van der Waals surface area contributed by atoms with Gasteiger partial charge in [-0.05, 0) is 65.7 Å². The van der Waals surface area contributed by atoms with Gasteiger partial charge in [0.15, 0.2) is 11.9 Å². The van der Waals surface area contributed by atoms with Crippen LogP contribution in [0.25, 0.3) is 0 Å². The van der Waals surface area contributed by atoms with Gasteiger partial charge in [0, 0.05) is 52.4 Å². The second kappa shape index (κ2) is 20.3. The van der Waals surface area contributed by atoms with Gasteiger partial charge in [0.25, 0.3) is 0 Å². The van der Waals surface area contributed by atoms with E-state index in [-0.39, 0.29) is 35.8 Å². The summed E-state index contributed by atoms with van der Waals surface area (Å²) in [6, 6.07) is -0.477. The highest BCUT2D eigenvalue weighted by Gasteiger charge is 2.19. The van der Waals surface area contributed by atoms with Gasteiger partial charge in [-0.3, -0.25) is 19.6 Å². The number of carbonyl (C=O) groups is 2. The lowest BCUT2D eigenvalue weighted by Crippen LogP contribution is -2.48. The Bertz CT molecular complexity index is 657. The third-order valence-corrected chi connectivity index (χ3v) is 6.59. The van der Waals surface area contributed by atoms with Crippen molar-refractivity contribution in [2.45, 2.75) is 50.6 Å². The van der Waals surface area contributed by atoms with Crippen molar-refractivity contribution in [2.75, 3.05) is 79.5 Å². The van der Waals surface area contributed by atoms with Crippen molar-refractivity contribution in [3.63, 3.8) is 0 Å². The summed E-state index contributed by atoms with van der Waals surface area (Å²) >= 11 is 0. The quantitative estimate of drug-likeness (QED) is 0.0442. The monoisotopic (exact) mass is 540 g/mol. The number of hydrogen-bond donors (Lipinski definition) is 8. The van der Waals surface area contributed by atoms with Gasteiger partial charge in [-0.15, -0.1) is 0 Å². The Labute approximate surface area is 227 Å². The molecule has 38 heavy (non-hydrogen) atoms. The first-order chi connectivity index (χ1) is 18.3. The molecule has 0 bridgehead atoms. The number of rotatable bonds is 20. The smallest absolute Gasteiger partial charge is 0.237 e. The normalized spacial score (nSPS) is 15.8. The van der Waals surface area contributed by atoms with Crippen LogP contribution in [0.15, 0.2) is 9.98 Å². The molecule has 1 saturated heterocycles. The lowest BCUT2D eigenvalue weighted by molar-refractivity contribution is -0.124. The molecule has 1 aliphatic rings. The highest BCUT2D eigenvalue weighted by Crippen LogP contribution is 2.04. The number of nitrogens with two attached hydrogens (primary N) is 4. The van der Waals surface area contributed by atoms with Crippen LogP contribution in [0.2, 0.25) is 0 Å². The molecule has 0 aromatic heterocycles. The van der Waals surface area contributed by atoms with Crippen LogP contribution in [-0.2, 0) is 9.59 Å². The molecular formula is C24H52N12O2. The molecule has 14 heteroatoms. The van der Waals surface area contributed by atoms with E-state index in [1.807, 2.05) is 0 Å². The average Bonchev–Trinajstić information content (AvgIpc) is 2.89. The summed E-state index contributed by atoms with van der Waals surface area (Å²) in [5, 5.41) is 12.2. The van der Waals surface area contributed by atoms with Crippen LogP contribution in [-0.4, -0.2) is 125 Å². The zero-order valence-electron chi connectivity index (χ0n) is 23.4. The summed E-state index contributed by atoms with van der Waals surface area (Å²) in [6.45, 7) is 8.36. The van der Waals surface area contributed by atoms with Gasteiger partial charge in [0.2, 0.25) is 11.8 Å². The Morgan fingerprint density at radius 1 is 0.684 bits per heavy atom. The fourth-order valence-electron chi connectivity index (χ4n) is 4.33. The van der Waals surface area contributed by atoms with Crippen molar-refractivity contribution >= 4 is 23.7 Å². The van der Waals surface area contributed by atoms with E-state index >= 15 is 0 Å². The maximum Gasteiger partial charge on any atom is 0.237 e. The molecular weight excluding hydrogens is 488 g/mol. The summed E-state index contributed by atoms with van der Waals surface area (Å²) < 4.78 is 0. The Balaban J connectivity index is 2.12. The molecule has 12 N–H and O–H groups in total. The summed E-state index contributed by atoms with van der Waals surface area (Å²) in [4.78, 5) is 37.5. The Kier molecular flexibility index (Phi) is 17.8. The lowest BCUT2D eigenvalue weighted by atomic mass is 10.1. The Morgan fingerprint density at radius 2 is 1.05 bits per heavy atom. The zero-order valence-corrected chi connectivity index (χ0v) is 23.4. The summed E-state index contributed by atoms with van der Waals surface area (Å²) in [5.41, 5.74) is 21.3. The van der Waals surface area contributed by atoms with Crippen LogP contribution in [0.4, 0.5) is 0 Å². The average molecular weight is 541 g/mol. The fraction of sp³-hybridized carbons (Fsp3) is 0.833. The highest BCUT2D eigenvalue weighted by molar-refractivity contribution is 5.82. The largest absolute Gasteiger partial charge is 0.370 e. The zero-order chi connectivity index (χ0) is 28.2. The molecule has 0 spiro atoms. The van der Waals surface area contributed by atoms with Gasteiger partial charge in [-0.25, -0.2) is 0 Å². The molecule has 0 saturated carbocycles. The van der Waals surface area contributed by atoms with Crippen molar-refractivity contribution in [3.05, 3.63) is 0 Å². The highest BCUT2D eigenvalue weighted by atomic mass is 16.2. The molecule has 1 aliphatic heterocycles. The topological polar surface area (TPSA) is 218 Å². The molecule has 0 aromatic carbocycles. The van der Waals surface area contributed by atoms with Gasteiger partial charge in [0.1, 0.15) is 0 Å². The van der Waals surface area contributed by atoms with Crippen molar-refractivity contribution in [1.82, 2.24) is 31.1 Å². The van der Waals surface area contributed by atoms with E-state index in [0.29, 0.717) is 39.0 Å². The molecule has 14 nitrogen and oxygen atoms in total. The van der Waals surface area contributed by atoms with Crippen molar-refractivity contribution < 1.29 is 9.59 Å². The van der Waals surface area contributed by atoms with E-state index in [2.05, 4.69) is 41.1 Å². The molecule has 2 unspecified atom stereocenters. The molecule has 0 aromatic rings. The molecule has 0 aliphatic carbocycles. The summed E-state index contributed by atoms with van der Waals surface area (Å²) in [5.74, 6) is 0.182. The third kappa shape index (κ3) is 15.5. The number of nitrogens with zero attached hydrogens (tertiary/aromatic N) is 4. The lowest BCUT2D eigenvalue weighted by Gasteiger charge is -2.34. The van der Waals surface area contributed by atoms with Gasteiger partial charge >= 0.3 is 0 Å². The summed E-state index contributed by atoms with van der Waals surface area (Å²) in [6.07, 6.45) is 4.68. The SMILES string of the molecule is CNC(CCCN=C(N)N)C(=O)NCCCN1CCN(CCCNC(=O)C(CCCN=C(N)N)NC)CC1. The van der Waals surface area contributed by atoms with E-state index in [9.17, 15) is 9.59 Å². The van der Waals surface area contributed by atoms with Crippen molar-refractivity contribution in [2.24, 2.45) is 32.9 Å². The van der Waals surface area contributed by atoms with E-state index < -0.39 is 0 Å². The number of aliphatic imine (C=N–C) groups is 2. The minimum atomic E-state index is -0.238.